The molecule has 2 aromatic carbocycles. The van der Waals surface area contributed by atoms with Gasteiger partial charge in [0, 0.05) is 35.0 Å². The third-order valence-electron chi connectivity index (χ3n) is 3.78. The van der Waals surface area contributed by atoms with Crippen molar-refractivity contribution in [3.8, 4) is 0 Å². The molecular formula is C18H21N3. The molecule has 0 saturated heterocycles. The molecule has 3 heteroatoms. The van der Waals surface area contributed by atoms with E-state index in [1.807, 2.05) is 6.20 Å². The van der Waals surface area contributed by atoms with Crippen LogP contribution in [0.4, 0.5) is 11.4 Å². The van der Waals surface area contributed by atoms with E-state index < -0.39 is 0 Å². The van der Waals surface area contributed by atoms with Gasteiger partial charge in [-0.1, -0.05) is 18.2 Å². The third-order valence-corrected chi connectivity index (χ3v) is 3.78. The number of nitrogens with zero attached hydrogens (tertiary/aromatic N) is 1. The molecule has 108 valence electrons. The smallest absolute Gasteiger partial charge is 0.0458 e. The van der Waals surface area contributed by atoms with E-state index in [1.165, 1.54) is 27.7 Å². The first-order valence-electron chi connectivity index (χ1n) is 7.21. The molecule has 21 heavy (non-hydrogen) atoms. The molecule has 0 radical (unpaired) electrons. The van der Waals surface area contributed by atoms with Gasteiger partial charge in [0.2, 0.25) is 0 Å². The molecule has 0 aliphatic rings. The van der Waals surface area contributed by atoms with Crippen LogP contribution in [0.25, 0.3) is 10.9 Å². The molecule has 0 bridgehead atoms. The maximum atomic E-state index is 3.59. The van der Waals surface area contributed by atoms with E-state index in [1.54, 1.807) is 0 Å². The Balaban J connectivity index is 1.97. The van der Waals surface area contributed by atoms with E-state index in [2.05, 4.69) is 78.7 Å². The van der Waals surface area contributed by atoms with Crippen molar-refractivity contribution < 1.29 is 0 Å². The fraction of sp³-hybridized carbons (Fsp3) is 0.222. The number of aromatic nitrogens is 1. The van der Waals surface area contributed by atoms with E-state index >= 15 is 0 Å². The molecule has 1 heterocycles. The summed E-state index contributed by atoms with van der Waals surface area (Å²) in [5.74, 6) is 0. The van der Waals surface area contributed by atoms with Crippen LogP contribution in [0, 0.1) is 6.92 Å². The van der Waals surface area contributed by atoms with Gasteiger partial charge in [-0.15, -0.1) is 0 Å². The number of hydrogen-bond donors (Lipinski definition) is 2. The van der Waals surface area contributed by atoms with E-state index in [9.17, 15) is 0 Å². The average Bonchev–Trinajstić information content (AvgIpc) is 2.92. The Morgan fingerprint density at radius 3 is 2.62 bits per heavy atom. The Bertz CT molecular complexity index is 756. The topological polar surface area (TPSA) is 31.1 Å². The van der Waals surface area contributed by atoms with E-state index in [4.69, 9.17) is 0 Å². The Hall–Kier alpha value is -2.26. The Morgan fingerprint density at radius 2 is 1.81 bits per heavy atom. The van der Waals surface area contributed by atoms with Crippen molar-refractivity contribution in [1.29, 1.82) is 0 Å². The number of para-hydroxylation sites is 1. The molecule has 0 atom stereocenters. The normalized spacial score (nSPS) is 11.2. The van der Waals surface area contributed by atoms with Gasteiger partial charge in [0.15, 0.2) is 0 Å². The third kappa shape index (κ3) is 2.78. The van der Waals surface area contributed by atoms with Crippen LogP contribution in [0.5, 0.6) is 0 Å². The van der Waals surface area contributed by atoms with Crippen LogP contribution in [-0.4, -0.2) is 24.0 Å². The van der Waals surface area contributed by atoms with Crippen LogP contribution < -0.4 is 5.32 Å². The molecule has 0 amide bonds. The maximum Gasteiger partial charge on any atom is 0.0458 e. The van der Waals surface area contributed by atoms with Gasteiger partial charge in [-0.25, -0.2) is 0 Å². The van der Waals surface area contributed by atoms with E-state index in [0.29, 0.717) is 0 Å². The minimum absolute atomic E-state index is 0.925. The zero-order valence-corrected chi connectivity index (χ0v) is 12.8. The molecule has 3 rings (SSSR count). The van der Waals surface area contributed by atoms with Crippen molar-refractivity contribution in [3.63, 3.8) is 0 Å². The van der Waals surface area contributed by atoms with Crippen molar-refractivity contribution in [1.82, 2.24) is 9.88 Å². The summed E-state index contributed by atoms with van der Waals surface area (Å²) in [6.07, 6.45) is 1.99. The number of anilines is 2. The standard InChI is InChI=1S/C18H21N3/c1-13-15-10-11-19-18(15)9-8-16(13)20-17-7-5-4-6-14(17)12-21(2)3/h4-11,19-20H,12H2,1-3H3. The van der Waals surface area contributed by atoms with Crippen LogP contribution >= 0.6 is 0 Å². The molecule has 2 N–H and O–H groups in total. The van der Waals surface area contributed by atoms with Gasteiger partial charge in [-0.3, -0.25) is 0 Å². The zero-order chi connectivity index (χ0) is 14.8. The lowest BCUT2D eigenvalue weighted by Crippen LogP contribution is -2.12. The molecule has 1 aromatic heterocycles. The predicted octanol–water partition coefficient (Wildman–Crippen LogP) is 4.28. The lowest BCUT2D eigenvalue weighted by molar-refractivity contribution is 0.403. The van der Waals surface area contributed by atoms with Gasteiger partial charge in [-0.2, -0.15) is 0 Å². The lowest BCUT2D eigenvalue weighted by atomic mass is 10.1. The van der Waals surface area contributed by atoms with Crippen LogP contribution in [-0.2, 0) is 6.54 Å². The van der Waals surface area contributed by atoms with Crippen LogP contribution in [0.3, 0.4) is 0 Å². The number of aromatic amines is 1. The minimum Gasteiger partial charge on any atom is -0.361 e. The summed E-state index contributed by atoms with van der Waals surface area (Å²) < 4.78 is 0. The fourth-order valence-electron chi connectivity index (χ4n) is 2.69. The lowest BCUT2D eigenvalue weighted by Gasteiger charge is -2.17. The summed E-state index contributed by atoms with van der Waals surface area (Å²) >= 11 is 0. The monoisotopic (exact) mass is 279 g/mol. The summed E-state index contributed by atoms with van der Waals surface area (Å²) in [6.45, 7) is 3.09. The van der Waals surface area contributed by atoms with Crippen molar-refractivity contribution in [2.75, 3.05) is 19.4 Å². The van der Waals surface area contributed by atoms with Crippen LogP contribution in [0.1, 0.15) is 11.1 Å². The molecule has 0 fully saturated rings. The molecule has 0 unspecified atom stereocenters. The number of fused-ring (bicyclic) bond motifs is 1. The summed E-state index contributed by atoms with van der Waals surface area (Å²) in [4.78, 5) is 5.44. The number of hydrogen-bond acceptors (Lipinski definition) is 2. The number of H-pyrrole nitrogens is 1. The average molecular weight is 279 g/mol. The first kappa shape index (κ1) is 13.7. The molecule has 0 aliphatic carbocycles. The van der Waals surface area contributed by atoms with Gasteiger partial charge in [0.1, 0.15) is 0 Å². The minimum atomic E-state index is 0.925. The van der Waals surface area contributed by atoms with Gasteiger partial charge in [-0.05, 0) is 56.4 Å². The first-order chi connectivity index (χ1) is 10.1. The van der Waals surface area contributed by atoms with Crippen molar-refractivity contribution in [3.05, 3.63) is 59.8 Å². The number of aryl methyl sites for hydroxylation is 1. The Morgan fingerprint density at radius 1 is 1.00 bits per heavy atom. The molecule has 0 spiro atoms. The number of nitrogens with one attached hydrogen (secondary N) is 2. The summed E-state index contributed by atoms with van der Waals surface area (Å²) in [5, 5.41) is 4.86. The number of benzene rings is 2. The van der Waals surface area contributed by atoms with Crippen LogP contribution in [0.2, 0.25) is 0 Å². The first-order valence-corrected chi connectivity index (χ1v) is 7.21. The van der Waals surface area contributed by atoms with Gasteiger partial charge < -0.3 is 15.2 Å². The maximum absolute atomic E-state index is 3.59. The Labute approximate surface area is 125 Å². The van der Waals surface area contributed by atoms with Gasteiger partial charge in [0.25, 0.3) is 0 Å². The Kier molecular flexibility index (Phi) is 3.67. The molecule has 3 aromatic rings. The summed E-state index contributed by atoms with van der Waals surface area (Å²) in [6, 6.07) is 14.9. The second-order valence-electron chi connectivity index (χ2n) is 5.70. The zero-order valence-electron chi connectivity index (χ0n) is 12.8. The highest BCUT2D eigenvalue weighted by molar-refractivity contribution is 5.88. The van der Waals surface area contributed by atoms with Gasteiger partial charge >= 0.3 is 0 Å². The summed E-state index contributed by atoms with van der Waals surface area (Å²) in [7, 11) is 4.18. The second-order valence-corrected chi connectivity index (χ2v) is 5.70. The van der Waals surface area contributed by atoms with Crippen LogP contribution in [0.15, 0.2) is 48.7 Å². The number of rotatable bonds is 4. The quantitative estimate of drug-likeness (QED) is 0.746. The van der Waals surface area contributed by atoms with E-state index in [-0.39, 0.29) is 0 Å². The SMILES string of the molecule is Cc1c(Nc2ccccc2CN(C)C)ccc2[nH]ccc12. The molecular weight excluding hydrogens is 258 g/mol. The van der Waals surface area contributed by atoms with E-state index in [0.717, 1.165) is 12.2 Å². The summed E-state index contributed by atoms with van der Waals surface area (Å²) in [5.41, 5.74) is 6.08. The molecule has 0 saturated carbocycles. The highest BCUT2D eigenvalue weighted by atomic mass is 15.1. The second kappa shape index (κ2) is 5.62. The molecule has 3 nitrogen and oxygen atoms in total. The van der Waals surface area contributed by atoms with Crippen molar-refractivity contribution in [2.45, 2.75) is 13.5 Å². The highest BCUT2D eigenvalue weighted by Crippen LogP contribution is 2.28. The van der Waals surface area contributed by atoms with Gasteiger partial charge in [0.05, 0.1) is 0 Å². The van der Waals surface area contributed by atoms with Crippen molar-refractivity contribution in [2.24, 2.45) is 0 Å². The predicted molar refractivity (Wildman–Crippen MR) is 90.2 cm³/mol. The largest absolute Gasteiger partial charge is 0.361 e. The van der Waals surface area contributed by atoms with Crippen molar-refractivity contribution >= 4 is 22.3 Å². The highest BCUT2D eigenvalue weighted by Gasteiger charge is 2.07. The molecule has 0 aliphatic heterocycles. The fourth-order valence-corrected chi connectivity index (χ4v) is 2.69.